The van der Waals surface area contributed by atoms with Crippen molar-refractivity contribution in [3.63, 3.8) is 0 Å². The van der Waals surface area contributed by atoms with Crippen molar-refractivity contribution in [2.75, 3.05) is 33.3 Å². The van der Waals surface area contributed by atoms with Gasteiger partial charge >= 0.3 is 12.1 Å². The average molecular weight is 773 g/mol. The molecule has 8 atom stereocenters. The third-order valence-electron chi connectivity index (χ3n) is 10.6. The molecule has 2 heterocycles. The van der Waals surface area contributed by atoms with E-state index in [2.05, 4.69) is 17.2 Å². The largest absolute Gasteiger partial charge is 0.488 e. The molecule has 3 aliphatic carbocycles. The Balaban J connectivity index is 1.29. The van der Waals surface area contributed by atoms with Crippen LogP contribution in [-0.4, -0.2) is 96.9 Å². The number of methoxy groups -OCH3 is 2. The lowest BCUT2D eigenvalue weighted by molar-refractivity contribution is -0.148. The number of carbonyl (C=O) groups is 4. The van der Waals surface area contributed by atoms with Gasteiger partial charge in [0.05, 0.1) is 19.2 Å². The van der Waals surface area contributed by atoms with Crippen LogP contribution in [0.3, 0.4) is 0 Å². The van der Waals surface area contributed by atoms with Gasteiger partial charge in [0.15, 0.2) is 6.79 Å². The SMILES string of the molecule is C=C[C@@H]1C[C@]1(NC(=O)[C@@H]1C[C@@H](Oc2cc(SCC)nc3c(Cl)c(OCOC)ccc23)CN1C(=O)[C@@H](NC(=O)OC1C[C@@H]2C[C@@H]2C1)C(C)(C)C)C(=O)OC. The van der Waals surface area contributed by atoms with Gasteiger partial charge < -0.3 is 39.2 Å². The molecule has 13 nitrogen and oxygen atoms in total. The van der Waals surface area contributed by atoms with Crippen LogP contribution >= 0.6 is 23.4 Å². The molecule has 1 aromatic heterocycles. The monoisotopic (exact) mass is 772 g/mol. The van der Waals surface area contributed by atoms with Gasteiger partial charge in [-0.3, -0.25) is 9.59 Å². The number of pyridine rings is 1. The summed E-state index contributed by atoms with van der Waals surface area (Å²) in [4.78, 5) is 61.1. The van der Waals surface area contributed by atoms with E-state index in [1.807, 2.05) is 33.8 Å². The van der Waals surface area contributed by atoms with E-state index >= 15 is 0 Å². The number of fused-ring (bicyclic) bond motifs is 2. The maximum atomic E-state index is 14.6. The highest BCUT2D eigenvalue weighted by Gasteiger charge is 2.62. The van der Waals surface area contributed by atoms with Gasteiger partial charge in [-0.1, -0.05) is 45.4 Å². The first-order valence-corrected chi connectivity index (χ1v) is 19.4. The first kappa shape index (κ1) is 39.0. The molecule has 0 bridgehead atoms. The zero-order valence-corrected chi connectivity index (χ0v) is 32.6. The predicted molar refractivity (Wildman–Crippen MR) is 199 cm³/mol. The van der Waals surface area contributed by atoms with E-state index in [-0.39, 0.29) is 31.8 Å². The summed E-state index contributed by atoms with van der Waals surface area (Å²) in [5.74, 6) is 0.917. The van der Waals surface area contributed by atoms with Gasteiger partial charge in [-0.2, -0.15) is 0 Å². The van der Waals surface area contributed by atoms with E-state index in [4.69, 9.17) is 40.3 Å². The highest BCUT2D eigenvalue weighted by atomic mass is 35.5. The van der Waals surface area contributed by atoms with E-state index in [1.165, 1.54) is 37.3 Å². The van der Waals surface area contributed by atoms with Gasteiger partial charge in [-0.15, -0.1) is 18.3 Å². The molecule has 4 fully saturated rings. The number of hydrogen-bond donors (Lipinski definition) is 2. The smallest absolute Gasteiger partial charge is 0.408 e. The number of carbonyl (C=O) groups excluding carboxylic acids is 4. The molecule has 6 rings (SSSR count). The summed E-state index contributed by atoms with van der Waals surface area (Å²) in [6.07, 6.45) is 3.39. The van der Waals surface area contributed by atoms with Gasteiger partial charge in [-0.25, -0.2) is 14.6 Å². The van der Waals surface area contributed by atoms with Gasteiger partial charge in [0.2, 0.25) is 11.8 Å². The Kier molecular flexibility index (Phi) is 11.4. The van der Waals surface area contributed by atoms with Crippen molar-refractivity contribution >= 4 is 58.1 Å². The van der Waals surface area contributed by atoms with Crippen LogP contribution in [0.25, 0.3) is 10.9 Å². The number of rotatable bonds is 14. The summed E-state index contributed by atoms with van der Waals surface area (Å²) in [6.45, 7) is 11.4. The van der Waals surface area contributed by atoms with E-state index in [1.54, 1.807) is 18.2 Å². The van der Waals surface area contributed by atoms with E-state index in [0.717, 1.165) is 18.6 Å². The fourth-order valence-corrected chi connectivity index (χ4v) is 8.56. The number of nitrogens with zero attached hydrogens (tertiary/aromatic N) is 2. The molecule has 0 radical (unpaired) electrons. The third kappa shape index (κ3) is 8.19. The van der Waals surface area contributed by atoms with Crippen LogP contribution in [0.2, 0.25) is 5.02 Å². The first-order valence-electron chi connectivity index (χ1n) is 18.1. The van der Waals surface area contributed by atoms with E-state index in [0.29, 0.717) is 50.7 Å². The molecule has 288 valence electrons. The quantitative estimate of drug-likeness (QED) is 0.108. The molecular formula is C38H49ClN4O9S. The molecule has 1 aliphatic heterocycles. The van der Waals surface area contributed by atoms with Crippen molar-refractivity contribution < 1.29 is 42.9 Å². The lowest BCUT2D eigenvalue weighted by Crippen LogP contribution is -2.59. The molecule has 1 aromatic carbocycles. The van der Waals surface area contributed by atoms with Gasteiger partial charge in [-0.05, 0) is 60.8 Å². The molecule has 53 heavy (non-hydrogen) atoms. The number of aromatic nitrogens is 1. The number of benzene rings is 1. The second-order valence-electron chi connectivity index (χ2n) is 15.4. The van der Waals surface area contributed by atoms with Gasteiger partial charge in [0, 0.05) is 30.9 Å². The average Bonchev–Trinajstić information content (AvgIpc) is 3.92. The zero-order valence-electron chi connectivity index (χ0n) is 31.1. The Bertz CT molecular complexity index is 1760. The Labute approximate surface area is 319 Å². The summed E-state index contributed by atoms with van der Waals surface area (Å²) in [5, 5.41) is 7.29. The Morgan fingerprint density at radius 1 is 1.11 bits per heavy atom. The zero-order chi connectivity index (χ0) is 38.2. The van der Waals surface area contributed by atoms with Crippen LogP contribution < -0.4 is 20.1 Å². The minimum Gasteiger partial charge on any atom is -0.488 e. The number of ether oxygens (including phenoxy) is 5. The van der Waals surface area contributed by atoms with Crippen LogP contribution in [0.4, 0.5) is 4.79 Å². The van der Waals surface area contributed by atoms with Crippen molar-refractivity contribution in [3.8, 4) is 11.5 Å². The molecule has 3 saturated carbocycles. The van der Waals surface area contributed by atoms with Crippen LogP contribution in [0.1, 0.15) is 59.8 Å². The lowest BCUT2D eigenvalue weighted by atomic mass is 9.85. The molecule has 1 saturated heterocycles. The maximum Gasteiger partial charge on any atom is 0.408 e. The number of amides is 3. The summed E-state index contributed by atoms with van der Waals surface area (Å²) in [5.41, 5.74) is -1.56. The molecule has 0 spiro atoms. The molecular weight excluding hydrogens is 724 g/mol. The topological polar surface area (TPSA) is 155 Å². The summed E-state index contributed by atoms with van der Waals surface area (Å²) in [7, 11) is 2.78. The van der Waals surface area contributed by atoms with Crippen molar-refractivity contribution in [1.82, 2.24) is 20.5 Å². The molecule has 1 unspecified atom stereocenters. The Morgan fingerprint density at radius 3 is 2.47 bits per heavy atom. The normalized spacial score (nSPS) is 27.7. The fraction of sp³-hybridized carbons (Fsp3) is 0.605. The summed E-state index contributed by atoms with van der Waals surface area (Å²) >= 11 is 8.28. The number of thioether (sulfide) groups is 1. The number of likely N-dealkylation sites (tertiary alicyclic amines) is 1. The number of halogens is 1. The maximum absolute atomic E-state index is 14.6. The van der Waals surface area contributed by atoms with Crippen LogP contribution in [0.5, 0.6) is 11.5 Å². The van der Waals surface area contributed by atoms with Crippen LogP contribution in [-0.2, 0) is 28.6 Å². The van der Waals surface area contributed by atoms with Crippen molar-refractivity contribution in [2.45, 2.75) is 94.7 Å². The van der Waals surface area contributed by atoms with Crippen molar-refractivity contribution in [3.05, 3.63) is 35.9 Å². The van der Waals surface area contributed by atoms with Gasteiger partial charge in [0.1, 0.15) is 51.4 Å². The number of alkyl carbamates (subject to hydrolysis) is 1. The minimum atomic E-state index is -1.28. The summed E-state index contributed by atoms with van der Waals surface area (Å²) in [6, 6.07) is 3.24. The highest BCUT2D eigenvalue weighted by Crippen LogP contribution is 2.52. The fourth-order valence-electron chi connectivity index (χ4n) is 7.65. The molecule has 4 aliphatic rings. The Morgan fingerprint density at radius 2 is 1.85 bits per heavy atom. The predicted octanol–water partition coefficient (Wildman–Crippen LogP) is 5.50. The highest BCUT2D eigenvalue weighted by molar-refractivity contribution is 7.99. The van der Waals surface area contributed by atoms with E-state index in [9.17, 15) is 19.2 Å². The van der Waals surface area contributed by atoms with Crippen molar-refractivity contribution in [2.24, 2.45) is 23.2 Å². The Hall–Kier alpha value is -3.75. The molecule has 2 aromatic rings. The standard InChI is InChI=1S/C38H49ClN4O9S/c1-8-22-17-38(22,35(46)49-7)42-33(44)26-15-24(51-28-16-29(53-9-2)40-31-25(28)10-11-27(30(31)39)50-19-48-6)18-43(26)34(45)32(37(3,4)5)41-36(47)52-23-13-20-12-21(20)14-23/h8,10-11,16,20-24,26,32H,1,9,12-15,17-19H2,2-7H3,(H,41,47)(H,42,44)/t20-,21+,22-,23?,24-,26+,32-,38-/m1/s1. The number of esters is 1. The molecule has 15 heteroatoms. The summed E-state index contributed by atoms with van der Waals surface area (Å²) < 4.78 is 28.1. The van der Waals surface area contributed by atoms with E-state index < -0.39 is 53.0 Å². The first-order chi connectivity index (χ1) is 25.2. The third-order valence-corrected chi connectivity index (χ3v) is 11.8. The number of hydrogen-bond acceptors (Lipinski definition) is 11. The van der Waals surface area contributed by atoms with Crippen LogP contribution in [0.15, 0.2) is 35.9 Å². The second-order valence-corrected chi connectivity index (χ2v) is 17.1. The molecule has 2 N–H and O–H groups in total. The van der Waals surface area contributed by atoms with Crippen LogP contribution in [0, 0.1) is 23.2 Å². The van der Waals surface area contributed by atoms with Crippen molar-refractivity contribution in [1.29, 1.82) is 0 Å². The second kappa shape index (κ2) is 15.5. The minimum absolute atomic E-state index is 0.00182. The number of nitrogens with one attached hydrogen (secondary N) is 2. The van der Waals surface area contributed by atoms with Gasteiger partial charge in [0.25, 0.3) is 0 Å². The molecule has 3 amide bonds. The lowest BCUT2D eigenvalue weighted by Gasteiger charge is -2.35.